The number of nitrogens with one attached hydrogen (secondary N) is 2. The number of hydrazine groups is 1. The van der Waals surface area contributed by atoms with Gasteiger partial charge in [-0.25, -0.2) is 4.79 Å². The summed E-state index contributed by atoms with van der Waals surface area (Å²) in [6.07, 6.45) is 3.15. The maximum absolute atomic E-state index is 12.7. The fourth-order valence-corrected chi connectivity index (χ4v) is 3.95. The second kappa shape index (κ2) is 7.26. The molecule has 1 saturated carbocycles. The van der Waals surface area contributed by atoms with Gasteiger partial charge in [0.15, 0.2) is 6.10 Å². The van der Waals surface area contributed by atoms with Crippen LogP contribution in [0.4, 0.5) is 4.79 Å². The number of hydrogen-bond acceptors (Lipinski definition) is 4. The summed E-state index contributed by atoms with van der Waals surface area (Å²) in [7, 11) is 0. The van der Waals surface area contributed by atoms with E-state index in [1.54, 1.807) is 13.0 Å². The lowest BCUT2D eigenvalue weighted by atomic mass is 9.82. The lowest BCUT2D eigenvalue weighted by Gasteiger charge is -2.30. The van der Waals surface area contributed by atoms with Crippen molar-refractivity contribution < 1.29 is 19.1 Å². The van der Waals surface area contributed by atoms with E-state index in [1.165, 1.54) is 0 Å². The first-order valence-electron chi connectivity index (χ1n) is 8.72. The van der Waals surface area contributed by atoms with E-state index in [4.69, 9.17) is 4.74 Å². The Hall–Kier alpha value is -2.09. The normalized spacial score (nSPS) is 20.0. The van der Waals surface area contributed by atoms with Crippen molar-refractivity contribution in [3.63, 3.8) is 0 Å². The largest absolute Gasteiger partial charge is 0.480 e. The SMILES string of the molecule is Cc1ccc(O[C@H](C)C(=O)NN2C(=O)NC3(CCCCC3)C2=O)c(Br)c1. The summed E-state index contributed by atoms with van der Waals surface area (Å²) in [6.45, 7) is 3.51. The molecule has 1 spiro atoms. The van der Waals surface area contributed by atoms with Gasteiger partial charge in [-0.05, 0) is 60.3 Å². The number of ether oxygens (including phenoxy) is 1. The molecule has 2 aliphatic rings. The summed E-state index contributed by atoms with van der Waals surface area (Å²) in [5, 5.41) is 3.54. The van der Waals surface area contributed by atoms with E-state index >= 15 is 0 Å². The molecule has 0 bridgehead atoms. The minimum absolute atomic E-state index is 0.390. The Balaban J connectivity index is 1.65. The lowest BCUT2D eigenvalue weighted by Crippen LogP contribution is -2.53. The van der Waals surface area contributed by atoms with Crippen LogP contribution >= 0.6 is 15.9 Å². The first kappa shape index (κ1) is 18.7. The number of aryl methyl sites for hydroxylation is 1. The number of nitrogens with zero attached hydrogens (tertiary/aromatic N) is 1. The minimum Gasteiger partial charge on any atom is -0.480 e. The zero-order chi connectivity index (χ0) is 18.9. The third kappa shape index (κ3) is 3.56. The van der Waals surface area contributed by atoms with Crippen LogP contribution in [0.5, 0.6) is 5.75 Å². The first-order valence-corrected chi connectivity index (χ1v) is 9.52. The highest BCUT2D eigenvalue weighted by molar-refractivity contribution is 9.10. The van der Waals surface area contributed by atoms with Crippen LogP contribution in [0.3, 0.4) is 0 Å². The molecule has 1 aromatic rings. The number of carbonyl (C=O) groups is 3. The van der Waals surface area contributed by atoms with Gasteiger partial charge in [-0.1, -0.05) is 25.3 Å². The van der Waals surface area contributed by atoms with Crippen molar-refractivity contribution in [3.05, 3.63) is 28.2 Å². The van der Waals surface area contributed by atoms with Crippen molar-refractivity contribution in [2.24, 2.45) is 0 Å². The summed E-state index contributed by atoms with van der Waals surface area (Å²) < 4.78 is 6.38. The van der Waals surface area contributed by atoms with Gasteiger partial charge in [0.2, 0.25) is 0 Å². The van der Waals surface area contributed by atoms with E-state index in [0.29, 0.717) is 18.6 Å². The molecule has 1 aliphatic heterocycles. The third-order valence-corrected chi connectivity index (χ3v) is 5.47. The monoisotopic (exact) mass is 423 g/mol. The van der Waals surface area contributed by atoms with Crippen molar-refractivity contribution in [3.8, 4) is 5.75 Å². The average molecular weight is 424 g/mol. The summed E-state index contributed by atoms with van der Waals surface area (Å²) in [5.74, 6) is -0.438. The molecule has 2 N–H and O–H groups in total. The number of urea groups is 1. The molecule has 3 rings (SSSR count). The maximum Gasteiger partial charge on any atom is 0.344 e. The van der Waals surface area contributed by atoms with Crippen LogP contribution in [0, 0.1) is 6.92 Å². The van der Waals surface area contributed by atoms with Gasteiger partial charge in [-0.3, -0.25) is 15.0 Å². The van der Waals surface area contributed by atoms with E-state index in [2.05, 4.69) is 26.7 Å². The molecule has 1 heterocycles. The molecule has 1 saturated heterocycles. The van der Waals surface area contributed by atoms with Gasteiger partial charge >= 0.3 is 6.03 Å². The van der Waals surface area contributed by atoms with Gasteiger partial charge in [0, 0.05) is 0 Å². The molecule has 0 unspecified atom stereocenters. The number of benzene rings is 1. The van der Waals surface area contributed by atoms with Crippen LogP contribution < -0.4 is 15.5 Å². The zero-order valence-electron chi connectivity index (χ0n) is 14.8. The van der Waals surface area contributed by atoms with Gasteiger partial charge in [0.05, 0.1) is 4.47 Å². The van der Waals surface area contributed by atoms with Crippen LogP contribution in [0.25, 0.3) is 0 Å². The number of hydrogen-bond donors (Lipinski definition) is 2. The highest BCUT2D eigenvalue weighted by Gasteiger charge is 2.52. The minimum atomic E-state index is -0.877. The van der Waals surface area contributed by atoms with Crippen LogP contribution in [0.15, 0.2) is 22.7 Å². The molecule has 1 aliphatic carbocycles. The smallest absolute Gasteiger partial charge is 0.344 e. The topological polar surface area (TPSA) is 87.7 Å². The van der Waals surface area contributed by atoms with E-state index in [-0.39, 0.29) is 5.91 Å². The summed E-state index contributed by atoms with van der Waals surface area (Å²) in [6, 6.07) is 4.92. The van der Waals surface area contributed by atoms with Gasteiger partial charge in [-0.15, -0.1) is 0 Å². The second-order valence-electron chi connectivity index (χ2n) is 6.88. The predicted molar refractivity (Wildman–Crippen MR) is 98.3 cm³/mol. The van der Waals surface area contributed by atoms with E-state index in [9.17, 15) is 14.4 Å². The summed E-state index contributed by atoms with van der Waals surface area (Å²) >= 11 is 3.39. The first-order chi connectivity index (χ1) is 12.3. The molecule has 2 fully saturated rings. The number of imide groups is 1. The van der Waals surface area contributed by atoms with Gasteiger partial charge < -0.3 is 10.1 Å². The van der Waals surface area contributed by atoms with Gasteiger partial charge in [-0.2, -0.15) is 5.01 Å². The van der Waals surface area contributed by atoms with Crippen molar-refractivity contribution in [1.82, 2.24) is 15.8 Å². The second-order valence-corrected chi connectivity index (χ2v) is 7.74. The lowest BCUT2D eigenvalue weighted by molar-refractivity contribution is -0.142. The Kier molecular flexibility index (Phi) is 5.22. The molecule has 0 aromatic heterocycles. The molecule has 7 nitrogen and oxygen atoms in total. The Morgan fingerprint density at radius 3 is 2.65 bits per heavy atom. The van der Waals surface area contributed by atoms with Gasteiger partial charge in [0.25, 0.3) is 11.8 Å². The molecule has 140 valence electrons. The van der Waals surface area contributed by atoms with Crippen LogP contribution in [-0.4, -0.2) is 34.5 Å². The van der Waals surface area contributed by atoms with Crippen LogP contribution in [0.2, 0.25) is 0 Å². The summed E-state index contributed by atoms with van der Waals surface area (Å²) in [5.41, 5.74) is 2.58. The van der Waals surface area contributed by atoms with Crippen molar-refractivity contribution in [2.45, 2.75) is 57.6 Å². The third-order valence-electron chi connectivity index (χ3n) is 4.85. The standard InChI is InChI=1S/C18H22BrN3O4/c1-11-6-7-14(13(19)10-11)26-12(2)15(23)21-22-16(24)18(20-17(22)25)8-4-3-5-9-18/h6-7,10,12H,3-5,8-9H2,1-2H3,(H,20,25)(H,21,23)/t12-/m1/s1. The highest BCUT2D eigenvalue weighted by Crippen LogP contribution is 2.33. The molecule has 1 aromatic carbocycles. The van der Waals surface area contributed by atoms with E-state index < -0.39 is 23.6 Å². The van der Waals surface area contributed by atoms with Gasteiger partial charge in [0.1, 0.15) is 11.3 Å². The molecular weight excluding hydrogens is 402 g/mol. The number of halogens is 1. The fraction of sp³-hybridized carbons (Fsp3) is 0.500. The molecule has 0 radical (unpaired) electrons. The zero-order valence-corrected chi connectivity index (χ0v) is 16.4. The molecule has 26 heavy (non-hydrogen) atoms. The Bertz CT molecular complexity index is 746. The Morgan fingerprint density at radius 1 is 1.31 bits per heavy atom. The fourth-order valence-electron chi connectivity index (χ4n) is 3.36. The molecule has 4 amide bonds. The Labute approximate surface area is 160 Å². The maximum atomic E-state index is 12.7. The van der Waals surface area contributed by atoms with Crippen LogP contribution in [0.1, 0.15) is 44.6 Å². The predicted octanol–water partition coefficient (Wildman–Crippen LogP) is 2.81. The number of amides is 4. The molecule has 8 heteroatoms. The van der Waals surface area contributed by atoms with Crippen molar-refractivity contribution in [2.75, 3.05) is 0 Å². The quantitative estimate of drug-likeness (QED) is 0.728. The average Bonchev–Trinajstić information content (AvgIpc) is 2.82. The molecule has 1 atom stereocenters. The summed E-state index contributed by atoms with van der Waals surface area (Å²) in [4.78, 5) is 37.3. The van der Waals surface area contributed by atoms with E-state index in [1.807, 2.05) is 19.1 Å². The van der Waals surface area contributed by atoms with Crippen molar-refractivity contribution >= 4 is 33.8 Å². The highest BCUT2D eigenvalue weighted by atomic mass is 79.9. The Morgan fingerprint density at radius 2 is 2.00 bits per heavy atom. The van der Waals surface area contributed by atoms with Crippen molar-refractivity contribution in [1.29, 1.82) is 0 Å². The number of carbonyl (C=O) groups excluding carboxylic acids is 3. The van der Waals surface area contributed by atoms with E-state index in [0.717, 1.165) is 34.3 Å². The van der Waals surface area contributed by atoms with Crippen LogP contribution in [-0.2, 0) is 9.59 Å². The molecular formula is C18H22BrN3O4. The number of rotatable bonds is 4.